The molecular weight excluding hydrogens is 306 g/mol. The van der Waals surface area contributed by atoms with E-state index in [4.69, 9.17) is 0 Å². The summed E-state index contributed by atoms with van der Waals surface area (Å²) in [4.78, 5) is 14.3. The minimum Gasteiger partial charge on any atom is -0.355 e. The van der Waals surface area contributed by atoms with Crippen molar-refractivity contribution in [2.24, 2.45) is 0 Å². The van der Waals surface area contributed by atoms with Gasteiger partial charge < -0.3 is 10.6 Å². The quantitative estimate of drug-likeness (QED) is 0.878. The number of halogens is 1. The molecule has 2 N–H and O–H groups in total. The number of hydrogen-bond donors (Lipinski definition) is 2. The van der Waals surface area contributed by atoms with Crippen LogP contribution in [-0.4, -0.2) is 43.0 Å². The second-order valence-corrected chi connectivity index (χ2v) is 5.53. The number of hydrogen-bond acceptors (Lipinski definition) is 3. The summed E-state index contributed by atoms with van der Waals surface area (Å²) in [6.07, 6.45) is 0. The first-order valence-electron chi connectivity index (χ1n) is 6.68. The lowest BCUT2D eigenvalue weighted by Gasteiger charge is -2.35. The number of nitrogens with zero attached hydrogens (tertiary/aromatic N) is 1. The largest absolute Gasteiger partial charge is 0.355 e. The van der Waals surface area contributed by atoms with Gasteiger partial charge in [-0.2, -0.15) is 0 Å². The van der Waals surface area contributed by atoms with Crippen molar-refractivity contribution in [3.05, 3.63) is 34.3 Å². The molecule has 1 amide bonds. The van der Waals surface area contributed by atoms with Crippen LogP contribution in [0.5, 0.6) is 0 Å². The summed E-state index contributed by atoms with van der Waals surface area (Å²) in [6, 6.07) is 8.09. The zero-order chi connectivity index (χ0) is 13.7. The van der Waals surface area contributed by atoms with Gasteiger partial charge in [0.1, 0.15) is 6.04 Å². The third-order valence-electron chi connectivity index (χ3n) is 3.34. The smallest absolute Gasteiger partial charge is 0.238 e. The topological polar surface area (TPSA) is 44.4 Å². The minimum absolute atomic E-state index is 0.0826. The van der Waals surface area contributed by atoms with Crippen molar-refractivity contribution in [2.75, 3.05) is 26.2 Å². The first kappa shape index (κ1) is 14.5. The Morgan fingerprint density at radius 3 is 3.05 bits per heavy atom. The monoisotopic (exact) mass is 325 g/mol. The molecule has 4 nitrogen and oxygen atoms in total. The highest BCUT2D eigenvalue weighted by Gasteiger charge is 2.28. The summed E-state index contributed by atoms with van der Waals surface area (Å²) in [6.45, 7) is 5.97. The van der Waals surface area contributed by atoms with Crippen molar-refractivity contribution in [3.63, 3.8) is 0 Å². The highest BCUT2D eigenvalue weighted by molar-refractivity contribution is 9.10. The van der Waals surface area contributed by atoms with Gasteiger partial charge in [-0.3, -0.25) is 9.69 Å². The number of benzene rings is 1. The van der Waals surface area contributed by atoms with Gasteiger partial charge in [0.15, 0.2) is 0 Å². The SMILES string of the molecule is CCNC(=O)C1CNCCN1Cc1ccccc1Br. The van der Waals surface area contributed by atoms with E-state index in [0.717, 1.165) is 30.7 Å². The van der Waals surface area contributed by atoms with Crippen molar-refractivity contribution < 1.29 is 4.79 Å². The summed E-state index contributed by atoms with van der Waals surface area (Å²) in [7, 11) is 0. The van der Waals surface area contributed by atoms with Crippen LogP contribution in [0.25, 0.3) is 0 Å². The minimum atomic E-state index is -0.0826. The fraction of sp³-hybridized carbons (Fsp3) is 0.500. The lowest BCUT2D eigenvalue weighted by Crippen LogP contribution is -2.57. The normalized spacial score (nSPS) is 20.2. The molecule has 1 saturated heterocycles. The molecule has 1 aliphatic rings. The maximum atomic E-state index is 12.1. The van der Waals surface area contributed by atoms with Crippen molar-refractivity contribution in [1.82, 2.24) is 15.5 Å². The van der Waals surface area contributed by atoms with E-state index in [9.17, 15) is 4.79 Å². The van der Waals surface area contributed by atoms with Crippen LogP contribution in [0.2, 0.25) is 0 Å². The fourth-order valence-corrected chi connectivity index (χ4v) is 2.74. The maximum absolute atomic E-state index is 12.1. The molecular formula is C14H20BrN3O. The summed E-state index contributed by atoms with van der Waals surface area (Å²) in [5, 5.41) is 6.20. The van der Waals surface area contributed by atoms with Crippen molar-refractivity contribution in [2.45, 2.75) is 19.5 Å². The second-order valence-electron chi connectivity index (χ2n) is 4.68. The zero-order valence-corrected chi connectivity index (χ0v) is 12.7. The third-order valence-corrected chi connectivity index (χ3v) is 4.11. The van der Waals surface area contributed by atoms with E-state index in [-0.39, 0.29) is 11.9 Å². The first-order chi connectivity index (χ1) is 9.22. The predicted octanol–water partition coefficient (Wildman–Crippen LogP) is 1.36. The fourth-order valence-electron chi connectivity index (χ4n) is 2.33. The Kier molecular flexibility index (Phi) is 5.36. The van der Waals surface area contributed by atoms with E-state index in [0.29, 0.717) is 6.54 Å². The van der Waals surface area contributed by atoms with Gasteiger partial charge >= 0.3 is 0 Å². The van der Waals surface area contributed by atoms with Crippen LogP contribution in [0.3, 0.4) is 0 Å². The summed E-state index contributed by atoms with van der Waals surface area (Å²) < 4.78 is 1.10. The number of likely N-dealkylation sites (N-methyl/N-ethyl adjacent to an activating group) is 1. The number of rotatable bonds is 4. The van der Waals surface area contributed by atoms with Gasteiger partial charge in [0.05, 0.1) is 0 Å². The van der Waals surface area contributed by atoms with Crippen LogP contribution in [-0.2, 0) is 11.3 Å². The Hall–Kier alpha value is -0.910. The standard InChI is InChI=1S/C14H20BrN3O/c1-2-17-14(19)13-9-16-7-8-18(13)10-11-5-3-4-6-12(11)15/h3-6,13,16H,2,7-10H2,1H3,(H,17,19). The van der Waals surface area contributed by atoms with Crippen LogP contribution >= 0.6 is 15.9 Å². The average Bonchev–Trinajstić information content (AvgIpc) is 2.42. The number of amides is 1. The first-order valence-corrected chi connectivity index (χ1v) is 7.47. The Morgan fingerprint density at radius 1 is 1.53 bits per heavy atom. The lowest BCUT2D eigenvalue weighted by atomic mass is 10.1. The molecule has 0 saturated carbocycles. The zero-order valence-electron chi connectivity index (χ0n) is 11.2. The van der Waals surface area contributed by atoms with E-state index in [1.165, 1.54) is 5.56 Å². The molecule has 0 aliphatic carbocycles. The van der Waals surface area contributed by atoms with Gasteiger partial charge in [-0.25, -0.2) is 0 Å². The summed E-state index contributed by atoms with van der Waals surface area (Å²) in [5.74, 6) is 0.113. The highest BCUT2D eigenvalue weighted by atomic mass is 79.9. The average molecular weight is 326 g/mol. The van der Waals surface area contributed by atoms with Gasteiger partial charge in [0.25, 0.3) is 0 Å². The number of nitrogens with one attached hydrogen (secondary N) is 2. The molecule has 2 rings (SSSR count). The van der Waals surface area contributed by atoms with Crippen LogP contribution in [0.4, 0.5) is 0 Å². The maximum Gasteiger partial charge on any atom is 0.238 e. The van der Waals surface area contributed by atoms with Crippen molar-refractivity contribution in [1.29, 1.82) is 0 Å². The second kappa shape index (κ2) is 7.03. The van der Waals surface area contributed by atoms with Crippen molar-refractivity contribution >= 4 is 21.8 Å². The van der Waals surface area contributed by atoms with Gasteiger partial charge in [-0.15, -0.1) is 0 Å². The highest BCUT2D eigenvalue weighted by Crippen LogP contribution is 2.19. The van der Waals surface area contributed by atoms with Gasteiger partial charge in [0.2, 0.25) is 5.91 Å². The molecule has 1 aliphatic heterocycles. The molecule has 1 unspecified atom stereocenters. The molecule has 1 atom stereocenters. The van der Waals surface area contributed by atoms with E-state index in [1.807, 2.05) is 25.1 Å². The molecule has 0 bridgehead atoms. The van der Waals surface area contributed by atoms with Crippen LogP contribution < -0.4 is 10.6 Å². The summed E-state index contributed by atoms with van der Waals surface area (Å²) in [5.41, 5.74) is 1.22. The molecule has 0 aromatic heterocycles. The number of carbonyl (C=O) groups excluding carboxylic acids is 1. The lowest BCUT2D eigenvalue weighted by molar-refractivity contribution is -0.127. The number of piperazine rings is 1. The predicted molar refractivity (Wildman–Crippen MR) is 79.9 cm³/mol. The van der Waals surface area contributed by atoms with E-state index >= 15 is 0 Å². The molecule has 1 heterocycles. The molecule has 5 heteroatoms. The molecule has 1 aromatic rings. The van der Waals surface area contributed by atoms with E-state index in [2.05, 4.69) is 37.5 Å². The third kappa shape index (κ3) is 3.78. The van der Waals surface area contributed by atoms with Gasteiger partial charge in [0, 0.05) is 37.2 Å². The van der Waals surface area contributed by atoms with E-state index < -0.39 is 0 Å². The van der Waals surface area contributed by atoms with Gasteiger partial charge in [-0.1, -0.05) is 34.1 Å². The molecule has 19 heavy (non-hydrogen) atoms. The molecule has 1 aromatic carbocycles. The van der Waals surface area contributed by atoms with E-state index in [1.54, 1.807) is 0 Å². The Balaban J connectivity index is 2.07. The Morgan fingerprint density at radius 2 is 2.32 bits per heavy atom. The van der Waals surface area contributed by atoms with Crippen molar-refractivity contribution in [3.8, 4) is 0 Å². The molecule has 0 radical (unpaired) electrons. The molecule has 1 fully saturated rings. The summed E-state index contributed by atoms with van der Waals surface area (Å²) >= 11 is 3.57. The van der Waals surface area contributed by atoms with Crippen LogP contribution in [0.1, 0.15) is 12.5 Å². The number of carbonyl (C=O) groups is 1. The molecule has 104 valence electrons. The Bertz CT molecular complexity index is 438. The Labute approximate surface area is 122 Å². The van der Waals surface area contributed by atoms with Crippen LogP contribution in [0, 0.1) is 0 Å². The van der Waals surface area contributed by atoms with Gasteiger partial charge in [-0.05, 0) is 18.6 Å². The molecule has 0 spiro atoms. The van der Waals surface area contributed by atoms with Crippen LogP contribution in [0.15, 0.2) is 28.7 Å².